The van der Waals surface area contributed by atoms with Crippen molar-refractivity contribution in [1.82, 2.24) is 4.72 Å². The molecule has 0 saturated heterocycles. The second-order valence-electron chi connectivity index (χ2n) is 5.16. The van der Waals surface area contributed by atoms with Gasteiger partial charge in [-0.05, 0) is 31.2 Å². The molecule has 2 rings (SSSR count). The minimum absolute atomic E-state index is 0.0641. The predicted molar refractivity (Wildman–Crippen MR) is 79.8 cm³/mol. The fourth-order valence-electron chi connectivity index (χ4n) is 1.88. The number of benzene rings is 1. The van der Waals surface area contributed by atoms with Crippen LogP contribution in [-0.4, -0.2) is 26.4 Å². The van der Waals surface area contributed by atoms with Crippen molar-refractivity contribution in [1.29, 1.82) is 0 Å². The van der Waals surface area contributed by atoms with Gasteiger partial charge in [0.25, 0.3) is 5.69 Å². The highest BCUT2D eigenvalue weighted by Crippen LogP contribution is 2.30. The van der Waals surface area contributed by atoms with E-state index in [-0.39, 0.29) is 10.6 Å². The maximum atomic E-state index is 12.3. The Balaban J connectivity index is 2.31. The lowest BCUT2D eigenvalue weighted by molar-refractivity contribution is -0.385. The van der Waals surface area contributed by atoms with Crippen molar-refractivity contribution < 1.29 is 13.3 Å². The maximum Gasteiger partial charge on any atom is 0.270 e. The molecule has 0 bridgehead atoms. The molecule has 1 aliphatic carbocycles. The number of rotatable bonds is 8. The summed E-state index contributed by atoms with van der Waals surface area (Å²) in [5.41, 5.74) is 0.162. The van der Waals surface area contributed by atoms with Crippen LogP contribution in [-0.2, 0) is 10.0 Å². The summed E-state index contributed by atoms with van der Waals surface area (Å²) in [7, 11) is -3.75. The zero-order valence-corrected chi connectivity index (χ0v) is 12.6. The second-order valence-corrected chi connectivity index (χ2v) is 6.89. The Bertz CT molecular complexity index is 626. The molecule has 0 heterocycles. The minimum atomic E-state index is -3.75. The monoisotopic (exact) mass is 313 g/mol. The Morgan fingerprint density at radius 3 is 2.67 bits per heavy atom. The fraction of sp³-hybridized carbons (Fsp3) is 0.538. The first-order chi connectivity index (χ1) is 9.94. The molecule has 1 aromatic rings. The molecule has 0 atom stereocenters. The number of anilines is 1. The van der Waals surface area contributed by atoms with Gasteiger partial charge in [0.2, 0.25) is 10.0 Å². The lowest BCUT2D eigenvalue weighted by atomic mass is 10.3. The second kappa shape index (κ2) is 6.40. The van der Waals surface area contributed by atoms with Gasteiger partial charge < -0.3 is 5.32 Å². The van der Waals surface area contributed by atoms with E-state index in [0.717, 1.165) is 25.3 Å². The molecule has 0 aliphatic heterocycles. The average Bonchev–Trinajstić information content (AvgIpc) is 3.27. The van der Waals surface area contributed by atoms with Crippen LogP contribution in [0.4, 0.5) is 11.4 Å². The van der Waals surface area contributed by atoms with E-state index in [4.69, 9.17) is 0 Å². The highest BCUT2D eigenvalue weighted by Gasteiger charge is 2.26. The van der Waals surface area contributed by atoms with Gasteiger partial charge >= 0.3 is 0 Å². The van der Waals surface area contributed by atoms with Crippen LogP contribution in [0.1, 0.15) is 26.2 Å². The number of non-ortho nitro benzene ring substituents is 1. The lowest BCUT2D eigenvalue weighted by Crippen LogP contribution is -2.26. The molecular formula is C13H19N3O4S. The number of hydrogen-bond donors (Lipinski definition) is 2. The Morgan fingerprint density at radius 1 is 1.38 bits per heavy atom. The van der Waals surface area contributed by atoms with Crippen LogP contribution in [0.25, 0.3) is 0 Å². The Hall–Kier alpha value is -1.67. The summed E-state index contributed by atoms with van der Waals surface area (Å²) < 4.78 is 27.2. The molecule has 0 radical (unpaired) electrons. The number of nitrogens with one attached hydrogen (secondary N) is 2. The van der Waals surface area contributed by atoms with Crippen molar-refractivity contribution in [2.45, 2.75) is 31.1 Å². The van der Waals surface area contributed by atoms with E-state index in [1.165, 1.54) is 12.1 Å². The highest BCUT2D eigenvalue weighted by atomic mass is 32.2. The van der Waals surface area contributed by atoms with Crippen LogP contribution in [0.3, 0.4) is 0 Å². The number of hydrogen-bond acceptors (Lipinski definition) is 5. The third kappa shape index (κ3) is 4.15. The number of sulfonamides is 1. The van der Waals surface area contributed by atoms with E-state index in [1.54, 1.807) is 0 Å². The van der Waals surface area contributed by atoms with Crippen LogP contribution in [0.5, 0.6) is 0 Å². The largest absolute Gasteiger partial charge is 0.384 e. The highest BCUT2D eigenvalue weighted by molar-refractivity contribution is 7.89. The quantitative estimate of drug-likeness (QED) is 0.565. The van der Waals surface area contributed by atoms with Gasteiger partial charge in [-0.3, -0.25) is 10.1 Å². The molecule has 1 aliphatic rings. The lowest BCUT2D eigenvalue weighted by Gasteiger charge is -2.12. The molecule has 21 heavy (non-hydrogen) atoms. The standard InChI is InChI=1S/C13H19N3O4S/c1-2-7-14-12-6-5-11(16(17)18)8-13(12)21(19,20)15-9-10-3-4-10/h5-6,8,10,14-15H,2-4,7,9H2,1H3. The summed E-state index contributed by atoms with van der Waals surface area (Å²) in [6, 6.07) is 3.85. The Morgan fingerprint density at radius 2 is 2.10 bits per heavy atom. The van der Waals surface area contributed by atoms with E-state index in [2.05, 4.69) is 10.0 Å². The molecule has 1 aromatic carbocycles. The summed E-state index contributed by atoms with van der Waals surface area (Å²) in [6.45, 7) is 2.94. The third-order valence-corrected chi connectivity index (χ3v) is 4.75. The van der Waals surface area contributed by atoms with Crippen molar-refractivity contribution in [2.75, 3.05) is 18.4 Å². The average molecular weight is 313 g/mol. The van der Waals surface area contributed by atoms with Gasteiger partial charge in [-0.25, -0.2) is 13.1 Å². The van der Waals surface area contributed by atoms with E-state index in [0.29, 0.717) is 24.7 Å². The number of nitro benzene ring substituents is 1. The van der Waals surface area contributed by atoms with Crippen molar-refractivity contribution in [3.8, 4) is 0 Å². The van der Waals surface area contributed by atoms with Crippen LogP contribution in [0.15, 0.2) is 23.1 Å². The molecular weight excluding hydrogens is 294 g/mol. The van der Waals surface area contributed by atoms with Crippen LogP contribution in [0, 0.1) is 16.0 Å². The van der Waals surface area contributed by atoms with Gasteiger partial charge in [0.05, 0.1) is 10.6 Å². The summed E-state index contributed by atoms with van der Waals surface area (Å²) in [4.78, 5) is 10.2. The summed E-state index contributed by atoms with van der Waals surface area (Å²) in [5, 5.41) is 13.8. The fourth-order valence-corrected chi connectivity index (χ4v) is 3.20. The van der Waals surface area contributed by atoms with Gasteiger partial charge in [0.15, 0.2) is 0 Å². The number of nitrogens with zero attached hydrogens (tertiary/aromatic N) is 1. The number of nitro groups is 1. The molecule has 0 aromatic heterocycles. The molecule has 116 valence electrons. The predicted octanol–water partition coefficient (Wildman–Crippen LogP) is 2.10. The van der Waals surface area contributed by atoms with Crippen molar-refractivity contribution in [2.24, 2.45) is 5.92 Å². The summed E-state index contributed by atoms with van der Waals surface area (Å²) >= 11 is 0. The zero-order chi connectivity index (χ0) is 15.5. The summed E-state index contributed by atoms with van der Waals surface area (Å²) in [6.07, 6.45) is 2.88. The SMILES string of the molecule is CCCNc1ccc([N+](=O)[O-])cc1S(=O)(=O)NCC1CC1. The Labute approximate surface area is 123 Å². The van der Waals surface area contributed by atoms with E-state index in [9.17, 15) is 18.5 Å². The van der Waals surface area contributed by atoms with Crippen molar-refractivity contribution >= 4 is 21.4 Å². The first-order valence-electron chi connectivity index (χ1n) is 6.96. The first-order valence-corrected chi connectivity index (χ1v) is 8.44. The van der Waals surface area contributed by atoms with Crippen LogP contribution >= 0.6 is 0 Å². The van der Waals surface area contributed by atoms with Crippen LogP contribution < -0.4 is 10.0 Å². The van der Waals surface area contributed by atoms with E-state index in [1.807, 2.05) is 6.92 Å². The molecule has 1 fully saturated rings. The van der Waals surface area contributed by atoms with E-state index < -0.39 is 14.9 Å². The third-order valence-electron chi connectivity index (χ3n) is 3.29. The van der Waals surface area contributed by atoms with Crippen molar-refractivity contribution in [3.05, 3.63) is 28.3 Å². The molecule has 0 unspecified atom stereocenters. The van der Waals surface area contributed by atoms with Gasteiger partial charge in [0.1, 0.15) is 4.90 Å². The van der Waals surface area contributed by atoms with Crippen molar-refractivity contribution in [3.63, 3.8) is 0 Å². The first kappa shape index (κ1) is 15.7. The zero-order valence-electron chi connectivity index (χ0n) is 11.8. The maximum absolute atomic E-state index is 12.3. The smallest absolute Gasteiger partial charge is 0.270 e. The minimum Gasteiger partial charge on any atom is -0.384 e. The molecule has 8 heteroatoms. The van der Waals surface area contributed by atoms with Gasteiger partial charge in [-0.2, -0.15) is 0 Å². The topological polar surface area (TPSA) is 101 Å². The van der Waals surface area contributed by atoms with E-state index >= 15 is 0 Å². The van der Waals surface area contributed by atoms with Gasteiger partial charge in [-0.15, -0.1) is 0 Å². The molecule has 7 nitrogen and oxygen atoms in total. The normalized spacial score (nSPS) is 14.9. The van der Waals surface area contributed by atoms with Crippen LogP contribution in [0.2, 0.25) is 0 Å². The molecule has 1 saturated carbocycles. The summed E-state index contributed by atoms with van der Waals surface area (Å²) in [5.74, 6) is 0.394. The van der Waals surface area contributed by atoms with Gasteiger partial charge in [-0.1, -0.05) is 6.92 Å². The molecule has 0 amide bonds. The Kier molecular flexibility index (Phi) is 4.79. The molecule has 0 spiro atoms. The molecule has 2 N–H and O–H groups in total. The van der Waals surface area contributed by atoms with Gasteiger partial charge in [0, 0.05) is 25.2 Å².